The molecule has 96 valence electrons. The van der Waals surface area contributed by atoms with Crippen LogP contribution in [-0.2, 0) is 0 Å². The Kier molecular flexibility index (Phi) is 4.67. The largest absolute Gasteiger partial charge is 0.390 e. The van der Waals surface area contributed by atoms with Gasteiger partial charge in [-0.05, 0) is 6.07 Å². The van der Waals surface area contributed by atoms with Crippen LogP contribution in [0.15, 0.2) is 6.07 Å². The Morgan fingerprint density at radius 3 is 2.35 bits per heavy atom. The van der Waals surface area contributed by atoms with Gasteiger partial charge < -0.3 is 10.7 Å². The van der Waals surface area contributed by atoms with Gasteiger partial charge in [-0.1, -0.05) is 23.2 Å². The van der Waals surface area contributed by atoms with Crippen molar-refractivity contribution in [3.8, 4) is 0 Å². The highest BCUT2D eigenvalue weighted by molar-refractivity contribution is 6.37. The second kappa shape index (κ2) is 5.61. The van der Waals surface area contributed by atoms with Crippen LogP contribution in [0.5, 0.6) is 0 Å². The number of aromatic nitrogens is 1. The summed E-state index contributed by atoms with van der Waals surface area (Å²) in [6.45, 7) is -0.331. The smallest absolute Gasteiger partial charge is 0.368 e. The second-order valence-corrected chi connectivity index (χ2v) is 3.90. The summed E-state index contributed by atoms with van der Waals surface area (Å²) >= 11 is 11.5. The average Bonchev–Trinajstić information content (AvgIpc) is 2.19. The van der Waals surface area contributed by atoms with Crippen molar-refractivity contribution in [2.45, 2.75) is 12.6 Å². The zero-order valence-corrected chi connectivity index (χ0v) is 9.92. The average molecular weight is 289 g/mol. The first kappa shape index (κ1) is 14.1. The molecule has 0 fully saturated rings. The highest BCUT2D eigenvalue weighted by Gasteiger charge is 2.26. The highest BCUT2D eigenvalue weighted by Crippen LogP contribution is 2.29. The van der Waals surface area contributed by atoms with Gasteiger partial charge in [0.2, 0.25) is 0 Å². The summed E-state index contributed by atoms with van der Waals surface area (Å²) in [6, 6.07) is 1.33. The maximum Gasteiger partial charge on any atom is 0.390 e. The summed E-state index contributed by atoms with van der Waals surface area (Å²) in [4.78, 5) is 3.83. The third kappa shape index (κ3) is 4.45. The number of hydrogen-bond donors (Lipinski definition) is 3. The van der Waals surface area contributed by atoms with Gasteiger partial charge >= 0.3 is 6.18 Å². The second-order valence-electron chi connectivity index (χ2n) is 3.09. The lowest BCUT2D eigenvalue weighted by Gasteiger charge is -2.11. The number of nitrogen functional groups attached to an aromatic ring is 1. The molecule has 0 unspecified atom stereocenters. The Balaban J connectivity index is 2.71. The fourth-order valence-electron chi connectivity index (χ4n) is 1.01. The van der Waals surface area contributed by atoms with E-state index in [1.54, 1.807) is 0 Å². The van der Waals surface area contributed by atoms with Crippen LogP contribution in [0.1, 0.15) is 6.42 Å². The third-order valence-corrected chi connectivity index (χ3v) is 2.34. The van der Waals surface area contributed by atoms with Crippen LogP contribution in [0.2, 0.25) is 10.0 Å². The maximum atomic E-state index is 11.9. The summed E-state index contributed by atoms with van der Waals surface area (Å²) in [5, 5.41) is 2.76. The van der Waals surface area contributed by atoms with Gasteiger partial charge in [0.15, 0.2) is 5.82 Å². The standard InChI is InChI=1S/C8H9Cl2F3N4/c9-4-3-5(10)7(17-14)16-6(4)15-2-1-8(11,12)13/h3H,1-2,14H2,(H2,15,16,17). The number of nitrogens with one attached hydrogen (secondary N) is 2. The van der Waals surface area contributed by atoms with Crippen molar-refractivity contribution < 1.29 is 13.2 Å². The van der Waals surface area contributed by atoms with Gasteiger partial charge in [0, 0.05) is 6.54 Å². The lowest BCUT2D eigenvalue weighted by Crippen LogP contribution is -2.16. The molecule has 0 aliphatic heterocycles. The minimum Gasteiger partial charge on any atom is -0.368 e. The van der Waals surface area contributed by atoms with E-state index in [4.69, 9.17) is 29.0 Å². The number of hydrogen-bond acceptors (Lipinski definition) is 4. The summed E-state index contributed by atoms with van der Waals surface area (Å²) in [5.74, 6) is 5.34. The van der Waals surface area contributed by atoms with Crippen molar-refractivity contribution in [2.75, 3.05) is 17.3 Å². The van der Waals surface area contributed by atoms with Crippen LogP contribution in [0, 0.1) is 0 Å². The summed E-state index contributed by atoms with van der Waals surface area (Å²) in [7, 11) is 0. The number of nitrogens with two attached hydrogens (primary N) is 1. The van der Waals surface area contributed by atoms with Gasteiger partial charge in [-0.3, -0.25) is 0 Å². The first-order valence-electron chi connectivity index (χ1n) is 4.47. The molecule has 0 aromatic carbocycles. The molecule has 0 bridgehead atoms. The van der Waals surface area contributed by atoms with Crippen molar-refractivity contribution in [1.82, 2.24) is 4.98 Å². The molecule has 0 saturated carbocycles. The normalized spacial score (nSPS) is 11.4. The number of halogens is 5. The molecule has 1 rings (SSSR count). The number of nitrogens with zero attached hydrogens (tertiary/aromatic N) is 1. The molecule has 0 atom stereocenters. The van der Waals surface area contributed by atoms with Crippen LogP contribution < -0.4 is 16.6 Å². The number of anilines is 2. The van der Waals surface area contributed by atoms with Crippen LogP contribution in [0.3, 0.4) is 0 Å². The number of rotatable bonds is 4. The zero-order chi connectivity index (χ0) is 13.1. The molecular formula is C8H9Cl2F3N4. The van der Waals surface area contributed by atoms with Crippen molar-refractivity contribution in [3.63, 3.8) is 0 Å². The van der Waals surface area contributed by atoms with E-state index in [0.717, 1.165) is 0 Å². The molecule has 1 aromatic rings. The summed E-state index contributed by atoms with van der Waals surface area (Å²) in [5.41, 5.74) is 2.21. The Morgan fingerprint density at radius 1 is 1.24 bits per heavy atom. The molecule has 9 heteroatoms. The number of alkyl halides is 3. The van der Waals surface area contributed by atoms with Gasteiger partial charge in [-0.25, -0.2) is 10.8 Å². The molecule has 4 N–H and O–H groups in total. The monoisotopic (exact) mass is 288 g/mol. The molecule has 17 heavy (non-hydrogen) atoms. The van der Waals surface area contributed by atoms with Crippen LogP contribution in [0.4, 0.5) is 24.8 Å². The van der Waals surface area contributed by atoms with E-state index in [1.807, 2.05) is 0 Å². The van der Waals surface area contributed by atoms with E-state index in [9.17, 15) is 13.2 Å². The lowest BCUT2D eigenvalue weighted by molar-refractivity contribution is -0.131. The first-order valence-corrected chi connectivity index (χ1v) is 5.22. The molecule has 1 heterocycles. The molecule has 0 aliphatic rings. The van der Waals surface area contributed by atoms with E-state index >= 15 is 0 Å². The fourth-order valence-corrected chi connectivity index (χ4v) is 1.49. The molecule has 0 amide bonds. The minimum absolute atomic E-state index is 0.0910. The van der Waals surface area contributed by atoms with Gasteiger partial charge in [0.05, 0.1) is 16.5 Å². The topological polar surface area (TPSA) is 63.0 Å². The highest BCUT2D eigenvalue weighted by atomic mass is 35.5. The molecular weight excluding hydrogens is 280 g/mol. The van der Waals surface area contributed by atoms with Crippen molar-refractivity contribution in [2.24, 2.45) is 5.84 Å². The van der Waals surface area contributed by atoms with Gasteiger partial charge in [-0.15, -0.1) is 0 Å². The van der Waals surface area contributed by atoms with Gasteiger partial charge in [-0.2, -0.15) is 13.2 Å². The molecule has 1 aromatic heterocycles. The molecule has 0 aliphatic carbocycles. The Hall–Kier alpha value is -0.920. The Morgan fingerprint density at radius 2 is 1.82 bits per heavy atom. The van der Waals surface area contributed by atoms with Crippen LogP contribution >= 0.6 is 23.2 Å². The zero-order valence-electron chi connectivity index (χ0n) is 8.41. The maximum absolute atomic E-state index is 11.9. The quantitative estimate of drug-likeness (QED) is 0.589. The van der Waals surface area contributed by atoms with E-state index in [1.165, 1.54) is 6.07 Å². The van der Waals surface area contributed by atoms with Gasteiger partial charge in [0.1, 0.15) is 5.82 Å². The van der Waals surface area contributed by atoms with E-state index < -0.39 is 12.6 Å². The molecule has 0 radical (unpaired) electrons. The Bertz CT molecular complexity index is 397. The van der Waals surface area contributed by atoms with Crippen molar-refractivity contribution in [3.05, 3.63) is 16.1 Å². The number of pyridine rings is 1. The molecule has 0 spiro atoms. The fraction of sp³-hybridized carbons (Fsp3) is 0.375. The van der Waals surface area contributed by atoms with Crippen molar-refractivity contribution in [1.29, 1.82) is 0 Å². The summed E-state index contributed by atoms with van der Waals surface area (Å²) in [6.07, 6.45) is -5.22. The lowest BCUT2D eigenvalue weighted by atomic mass is 10.4. The van der Waals surface area contributed by atoms with Gasteiger partial charge in [0.25, 0.3) is 0 Å². The number of hydrazine groups is 1. The molecule has 4 nitrogen and oxygen atoms in total. The predicted octanol–water partition coefficient (Wildman–Crippen LogP) is 3.04. The van der Waals surface area contributed by atoms with Crippen LogP contribution in [0.25, 0.3) is 0 Å². The van der Waals surface area contributed by atoms with E-state index in [2.05, 4.69) is 15.7 Å². The summed E-state index contributed by atoms with van der Waals surface area (Å²) < 4.78 is 35.8. The third-order valence-electron chi connectivity index (χ3n) is 1.77. The SMILES string of the molecule is NNc1nc(NCCC(F)(F)F)c(Cl)cc1Cl. The van der Waals surface area contributed by atoms with Crippen molar-refractivity contribution >= 4 is 34.8 Å². The van der Waals surface area contributed by atoms with Crippen LogP contribution in [-0.4, -0.2) is 17.7 Å². The van der Waals surface area contributed by atoms with E-state index in [0.29, 0.717) is 0 Å². The first-order chi connectivity index (χ1) is 7.83. The van der Waals surface area contributed by atoms with E-state index in [-0.39, 0.29) is 28.2 Å². The Labute approximate surface area is 105 Å². The predicted molar refractivity (Wildman–Crippen MR) is 61.2 cm³/mol. The minimum atomic E-state index is -4.24. The molecule has 0 saturated heterocycles.